The molecule has 0 aromatic heterocycles. The molecule has 1 aliphatic rings. The van der Waals surface area contributed by atoms with Crippen molar-refractivity contribution >= 4 is 12.4 Å². The maximum Gasteiger partial charge on any atom is 0.0807 e. The maximum absolute atomic E-state index is 10.1. The molecule has 16 heavy (non-hydrogen) atoms. The largest absolute Gasteiger partial charge is 0.388 e. The molecule has 2 atom stereocenters. The van der Waals surface area contributed by atoms with Gasteiger partial charge in [-0.15, -0.1) is 12.4 Å². The van der Waals surface area contributed by atoms with Crippen LogP contribution in [0.5, 0.6) is 0 Å². The summed E-state index contributed by atoms with van der Waals surface area (Å²) in [6.07, 6.45) is 2.74. The number of fused-ring (bicyclic) bond motifs is 1. The van der Waals surface area contributed by atoms with E-state index in [0.717, 1.165) is 31.4 Å². The van der Waals surface area contributed by atoms with Crippen molar-refractivity contribution in [2.75, 3.05) is 6.54 Å². The van der Waals surface area contributed by atoms with Gasteiger partial charge in [0.1, 0.15) is 0 Å². The van der Waals surface area contributed by atoms with Crippen molar-refractivity contribution in [1.82, 2.24) is 5.32 Å². The predicted molar refractivity (Wildman–Crippen MR) is 69.1 cm³/mol. The zero-order chi connectivity index (χ0) is 10.7. The molecule has 2 nitrogen and oxygen atoms in total. The first-order valence-electron chi connectivity index (χ1n) is 5.80. The monoisotopic (exact) mass is 241 g/mol. The number of nitrogens with one attached hydrogen (secondary N) is 1. The number of aryl methyl sites for hydroxylation is 1. The van der Waals surface area contributed by atoms with Gasteiger partial charge in [0.05, 0.1) is 6.10 Å². The van der Waals surface area contributed by atoms with E-state index in [4.69, 9.17) is 0 Å². The number of aliphatic hydroxyl groups is 1. The molecule has 1 aromatic carbocycles. The Morgan fingerprint density at radius 1 is 1.38 bits per heavy atom. The van der Waals surface area contributed by atoms with Gasteiger partial charge in [0.25, 0.3) is 0 Å². The molecule has 0 amide bonds. The molecule has 0 bridgehead atoms. The van der Waals surface area contributed by atoms with E-state index in [9.17, 15) is 5.11 Å². The fraction of sp³-hybridized carbons (Fsp3) is 0.538. The third-order valence-electron chi connectivity index (χ3n) is 3.18. The van der Waals surface area contributed by atoms with Crippen LogP contribution in [0.2, 0.25) is 0 Å². The molecule has 0 aliphatic heterocycles. The lowest BCUT2D eigenvalue weighted by atomic mass is 10.0. The molecule has 3 heteroatoms. The second-order valence-corrected chi connectivity index (χ2v) is 4.24. The van der Waals surface area contributed by atoms with Gasteiger partial charge in [0.15, 0.2) is 0 Å². The van der Waals surface area contributed by atoms with E-state index >= 15 is 0 Å². The summed E-state index contributed by atoms with van der Waals surface area (Å²) in [6.45, 7) is 3.10. The lowest BCUT2D eigenvalue weighted by molar-refractivity contribution is 0.154. The highest BCUT2D eigenvalue weighted by atomic mass is 35.5. The second kappa shape index (κ2) is 6.24. The highest BCUT2D eigenvalue weighted by Crippen LogP contribution is 2.28. The highest BCUT2D eigenvalue weighted by Gasteiger charge is 2.21. The summed E-state index contributed by atoms with van der Waals surface area (Å²) in [5, 5.41) is 13.5. The fourth-order valence-electron chi connectivity index (χ4n) is 2.41. The molecule has 1 aliphatic carbocycles. The molecule has 0 saturated carbocycles. The van der Waals surface area contributed by atoms with Gasteiger partial charge < -0.3 is 10.4 Å². The van der Waals surface area contributed by atoms with E-state index in [1.54, 1.807) is 0 Å². The van der Waals surface area contributed by atoms with Crippen LogP contribution in [0.1, 0.15) is 37.0 Å². The van der Waals surface area contributed by atoms with Crippen molar-refractivity contribution in [1.29, 1.82) is 0 Å². The van der Waals surface area contributed by atoms with Gasteiger partial charge in [-0.2, -0.15) is 0 Å². The summed E-state index contributed by atoms with van der Waals surface area (Å²) in [5.74, 6) is 0. The molecule has 2 unspecified atom stereocenters. The van der Waals surface area contributed by atoms with Crippen molar-refractivity contribution in [2.45, 2.75) is 38.3 Å². The van der Waals surface area contributed by atoms with Crippen molar-refractivity contribution in [3.05, 3.63) is 35.4 Å². The van der Waals surface area contributed by atoms with E-state index < -0.39 is 0 Å². The van der Waals surface area contributed by atoms with Crippen LogP contribution >= 0.6 is 12.4 Å². The minimum atomic E-state index is -0.298. The van der Waals surface area contributed by atoms with Gasteiger partial charge in [-0.3, -0.25) is 0 Å². The predicted octanol–water partition coefficient (Wildman–Crippen LogP) is 2.46. The van der Waals surface area contributed by atoms with Gasteiger partial charge >= 0.3 is 0 Å². The van der Waals surface area contributed by atoms with Crippen LogP contribution in [0.15, 0.2) is 24.3 Å². The van der Waals surface area contributed by atoms with Crippen molar-refractivity contribution in [3.8, 4) is 0 Å². The Balaban J connectivity index is 0.00000128. The number of rotatable bonds is 2. The molecular formula is C13H20ClNO. The standard InChI is InChI=1S/C13H19NO.ClH/c1-2-14-11-8-7-10-5-3-4-6-12(10)13(15)9-11;/h3-6,11,13-15H,2,7-9H2,1H3;1H. The van der Waals surface area contributed by atoms with Gasteiger partial charge in [0.2, 0.25) is 0 Å². The lowest BCUT2D eigenvalue weighted by Gasteiger charge is -2.17. The molecule has 0 radical (unpaired) electrons. The number of hydrogen-bond acceptors (Lipinski definition) is 2. The van der Waals surface area contributed by atoms with E-state index in [-0.39, 0.29) is 18.5 Å². The van der Waals surface area contributed by atoms with Crippen molar-refractivity contribution < 1.29 is 5.11 Å². The number of hydrogen-bond donors (Lipinski definition) is 2. The van der Waals surface area contributed by atoms with Crippen LogP contribution in [0, 0.1) is 0 Å². The third kappa shape index (κ3) is 2.97. The third-order valence-corrected chi connectivity index (χ3v) is 3.18. The van der Waals surface area contributed by atoms with Gasteiger partial charge in [-0.05, 0) is 36.9 Å². The Morgan fingerprint density at radius 3 is 2.88 bits per heavy atom. The highest BCUT2D eigenvalue weighted by molar-refractivity contribution is 5.85. The average Bonchev–Trinajstić information content (AvgIpc) is 2.40. The lowest BCUT2D eigenvalue weighted by Crippen LogP contribution is -2.29. The van der Waals surface area contributed by atoms with E-state index in [1.807, 2.05) is 12.1 Å². The number of aliphatic hydroxyl groups excluding tert-OH is 1. The van der Waals surface area contributed by atoms with Crippen LogP contribution in [0.25, 0.3) is 0 Å². The zero-order valence-corrected chi connectivity index (χ0v) is 10.5. The molecule has 0 heterocycles. The van der Waals surface area contributed by atoms with E-state index in [2.05, 4.69) is 24.4 Å². The van der Waals surface area contributed by atoms with Crippen molar-refractivity contribution in [2.24, 2.45) is 0 Å². The number of benzene rings is 1. The van der Waals surface area contributed by atoms with Gasteiger partial charge in [-0.1, -0.05) is 31.2 Å². The molecule has 0 fully saturated rings. The first-order chi connectivity index (χ1) is 7.31. The summed E-state index contributed by atoms with van der Waals surface area (Å²) < 4.78 is 0. The Labute approximate surface area is 103 Å². The first-order valence-corrected chi connectivity index (χ1v) is 5.80. The Bertz CT molecular complexity index is 329. The average molecular weight is 242 g/mol. The summed E-state index contributed by atoms with van der Waals surface area (Å²) in [5.41, 5.74) is 2.43. The quantitative estimate of drug-likeness (QED) is 0.780. The Morgan fingerprint density at radius 2 is 2.12 bits per heavy atom. The van der Waals surface area contributed by atoms with Crippen LogP contribution in [-0.4, -0.2) is 17.7 Å². The Hall–Kier alpha value is -0.570. The molecule has 2 N–H and O–H groups in total. The fourth-order valence-corrected chi connectivity index (χ4v) is 2.41. The van der Waals surface area contributed by atoms with Crippen molar-refractivity contribution in [3.63, 3.8) is 0 Å². The van der Waals surface area contributed by atoms with Crippen LogP contribution < -0.4 is 5.32 Å². The summed E-state index contributed by atoms with van der Waals surface area (Å²) >= 11 is 0. The summed E-state index contributed by atoms with van der Waals surface area (Å²) in [7, 11) is 0. The van der Waals surface area contributed by atoms with E-state index in [0.29, 0.717) is 6.04 Å². The molecule has 90 valence electrons. The van der Waals surface area contributed by atoms with Crippen LogP contribution in [-0.2, 0) is 6.42 Å². The second-order valence-electron chi connectivity index (χ2n) is 4.24. The minimum Gasteiger partial charge on any atom is -0.388 e. The molecular weight excluding hydrogens is 222 g/mol. The van der Waals surface area contributed by atoms with Gasteiger partial charge in [0, 0.05) is 6.04 Å². The zero-order valence-electron chi connectivity index (χ0n) is 9.65. The number of halogens is 1. The minimum absolute atomic E-state index is 0. The van der Waals surface area contributed by atoms with Crippen LogP contribution in [0.3, 0.4) is 0 Å². The Kier molecular flexibility index (Phi) is 5.26. The summed E-state index contributed by atoms with van der Waals surface area (Å²) in [6, 6.07) is 8.70. The molecule has 1 aromatic rings. The van der Waals surface area contributed by atoms with E-state index in [1.165, 1.54) is 5.56 Å². The smallest absolute Gasteiger partial charge is 0.0807 e. The normalized spacial score (nSPS) is 24.1. The summed E-state index contributed by atoms with van der Waals surface area (Å²) in [4.78, 5) is 0. The maximum atomic E-state index is 10.1. The van der Waals surface area contributed by atoms with Crippen LogP contribution in [0.4, 0.5) is 0 Å². The van der Waals surface area contributed by atoms with Gasteiger partial charge in [-0.25, -0.2) is 0 Å². The molecule has 2 rings (SSSR count). The molecule has 0 saturated heterocycles. The molecule has 0 spiro atoms. The first kappa shape index (κ1) is 13.5. The SMILES string of the molecule is CCNC1CCc2ccccc2C(O)C1.Cl. The topological polar surface area (TPSA) is 32.3 Å².